The van der Waals surface area contributed by atoms with Crippen molar-refractivity contribution in [2.24, 2.45) is 5.92 Å². The summed E-state index contributed by atoms with van der Waals surface area (Å²) in [5.74, 6) is 1.88. The molecule has 1 N–H and O–H groups in total. The third-order valence-corrected chi connectivity index (χ3v) is 3.49. The van der Waals surface area contributed by atoms with E-state index in [9.17, 15) is 5.11 Å². The molecule has 0 atom stereocenters. The second kappa shape index (κ2) is 4.90. The first-order valence-electron chi connectivity index (χ1n) is 6.48. The molecule has 1 aromatic rings. The molecule has 1 fully saturated rings. The van der Waals surface area contributed by atoms with Crippen LogP contribution in [0.15, 0.2) is 18.2 Å². The van der Waals surface area contributed by atoms with E-state index in [0.29, 0.717) is 11.7 Å². The first-order valence-corrected chi connectivity index (χ1v) is 6.48. The van der Waals surface area contributed by atoms with Crippen molar-refractivity contribution in [2.75, 3.05) is 0 Å². The number of phenolic OH excluding ortho intramolecular Hbond substituents is 1. The number of hydrogen-bond donors (Lipinski definition) is 1. The van der Waals surface area contributed by atoms with Crippen molar-refractivity contribution in [1.82, 2.24) is 0 Å². The summed E-state index contributed by atoms with van der Waals surface area (Å²) in [6.07, 6.45) is 6.75. The fraction of sp³-hybridized carbons (Fsp3) is 0.600. The highest BCUT2D eigenvalue weighted by atomic mass is 16.3. The molecule has 2 rings (SSSR count). The number of phenols is 1. The lowest BCUT2D eigenvalue weighted by Crippen LogP contribution is -1.92. The van der Waals surface area contributed by atoms with Gasteiger partial charge in [-0.1, -0.05) is 45.2 Å². The van der Waals surface area contributed by atoms with Gasteiger partial charge in [-0.2, -0.15) is 0 Å². The summed E-state index contributed by atoms with van der Waals surface area (Å²) < 4.78 is 0. The molecular formula is C15H22O. The van der Waals surface area contributed by atoms with Crippen LogP contribution in [0.5, 0.6) is 5.75 Å². The second-order valence-electron chi connectivity index (χ2n) is 5.38. The van der Waals surface area contributed by atoms with Crippen LogP contribution in [0.25, 0.3) is 0 Å². The van der Waals surface area contributed by atoms with Crippen molar-refractivity contribution in [1.29, 1.82) is 0 Å². The predicted octanol–water partition coefficient (Wildman–Crippen LogP) is 4.25. The molecule has 16 heavy (non-hydrogen) atoms. The topological polar surface area (TPSA) is 20.2 Å². The van der Waals surface area contributed by atoms with Crippen LogP contribution in [0.1, 0.15) is 56.6 Å². The van der Waals surface area contributed by atoms with Crippen LogP contribution < -0.4 is 0 Å². The van der Waals surface area contributed by atoms with E-state index in [4.69, 9.17) is 0 Å². The Morgan fingerprint density at radius 3 is 2.69 bits per heavy atom. The van der Waals surface area contributed by atoms with Crippen LogP contribution in [0.3, 0.4) is 0 Å². The molecule has 88 valence electrons. The first-order chi connectivity index (χ1) is 7.66. The van der Waals surface area contributed by atoms with Crippen LogP contribution in [-0.2, 0) is 6.42 Å². The highest BCUT2D eigenvalue weighted by molar-refractivity contribution is 5.38. The highest BCUT2D eigenvalue weighted by Crippen LogP contribution is 2.34. The van der Waals surface area contributed by atoms with Crippen molar-refractivity contribution in [2.45, 2.75) is 51.9 Å². The van der Waals surface area contributed by atoms with Gasteiger partial charge in [0.05, 0.1) is 0 Å². The largest absolute Gasteiger partial charge is 0.508 e. The zero-order valence-electron chi connectivity index (χ0n) is 10.4. The molecular weight excluding hydrogens is 196 g/mol. The number of hydrogen-bond acceptors (Lipinski definition) is 1. The highest BCUT2D eigenvalue weighted by Gasteiger charge is 2.20. The lowest BCUT2D eigenvalue weighted by atomic mass is 9.97. The van der Waals surface area contributed by atoms with Crippen molar-refractivity contribution < 1.29 is 5.11 Å². The Labute approximate surface area is 98.5 Å². The van der Waals surface area contributed by atoms with Crippen molar-refractivity contribution in [3.63, 3.8) is 0 Å². The molecule has 0 radical (unpaired) electrons. The molecule has 0 aromatic heterocycles. The summed E-state index contributed by atoms with van der Waals surface area (Å²) in [6, 6.07) is 6.09. The van der Waals surface area contributed by atoms with Gasteiger partial charge in [0.2, 0.25) is 0 Å². The summed E-state index contributed by atoms with van der Waals surface area (Å²) in [4.78, 5) is 0. The average molecular weight is 218 g/mol. The van der Waals surface area contributed by atoms with E-state index in [1.807, 2.05) is 6.07 Å². The molecule has 0 heterocycles. The molecule has 0 amide bonds. The van der Waals surface area contributed by atoms with E-state index < -0.39 is 0 Å². The third-order valence-electron chi connectivity index (χ3n) is 3.49. The Balaban J connectivity index is 1.94. The van der Waals surface area contributed by atoms with Crippen molar-refractivity contribution >= 4 is 0 Å². The van der Waals surface area contributed by atoms with E-state index >= 15 is 0 Å². The Bertz CT molecular complexity index is 350. The lowest BCUT2D eigenvalue weighted by molar-refractivity contribution is 0.464. The summed E-state index contributed by atoms with van der Waals surface area (Å²) in [5.41, 5.74) is 2.46. The maximum absolute atomic E-state index is 9.73. The Kier molecular flexibility index (Phi) is 3.52. The fourth-order valence-corrected chi connectivity index (χ4v) is 2.22. The van der Waals surface area contributed by atoms with Gasteiger partial charge >= 0.3 is 0 Å². The molecule has 1 aliphatic rings. The van der Waals surface area contributed by atoms with E-state index in [1.165, 1.54) is 31.2 Å². The molecule has 1 heteroatoms. The van der Waals surface area contributed by atoms with Crippen LogP contribution in [-0.4, -0.2) is 5.11 Å². The standard InChI is InChI=1S/C15H22O/c1-11(2)14-10-13(8-9-15(14)16)5-3-4-12-6-7-12/h8-12,16H,3-7H2,1-2H3. The summed E-state index contributed by atoms with van der Waals surface area (Å²) in [7, 11) is 0. The zero-order valence-corrected chi connectivity index (χ0v) is 10.4. The molecule has 0 spiro atoms. The van der Waals surface area contributed by atoms with E-state index in [1.54, 1.807) is 0 Å². The van der Waals surface area contributed by atoms with E-state index in [-0.39, 0.29) is 0 Å². The van der Waals surface area contributed by atoms with Gasteiger partial charge in [-0.15, -0.1) is 0 Å². The zero-order chi connectivity index (χ0) is 11.5. The molecule has 0 aliphatic heterocycles. The van der Waals surface area contributed by atoms with Crippen LogP contribution in [0.4, 0.5) is 0 Å². The van der Waals surface area contributed by atoms with Crippen LogP contribution in [0.2, 0.25) is 0 Å². The predicted molar refractivity (Wildman–Crippen MR) is 67.9 cm³/mol. The molecule has 0 saturated heterocycles. The van der Waals surface area contributed by atoms with E-state index in [0.717, 1.165) is 17.9 Å². The Hall–Kier alpha value is -0.980. The quantitative estimate of drug-likeness (QED) is 0.783. The smallest absolute Gasteiger partial charge is 0.119 e. The van der Waals surface area contributed by atoms with Gasteiger partial charge < -0.3 is 5.11 Å². The Morgan fingerprint density at radius 2 is 2.06 bits per heavy atom. The summed E-state index contributed by atoms with van der Waals surface area (Å²) in [6.45, 7) is 4.26. The average Bonchev–Trinajstić information content (AvgIpc) is 3.04. The maximum Gasteiger partial charge on any atom is 0.119 e. The Morgan fingerprint density at radius 1 is 1.31 bits per heavy atom. The van der Waals surface area contributed by atoms with Crippen molar-refractivity contribution in [3.05, 3.63) is 29.3 Å². The third kappa shape index (κ3) is 3.01. The SMILES string of the molecule is CC(C)c1cc(CCCC2CC2)ccc1O. The summed E-state index contributed by atoms with van der Waals surface area (Å²) >= 11 is 0. The molecule has 1 saturated carbocycles. The number of benzene rings is 1. The van der Waals surface area contributed by atoms with Gasteiger partial charge in [-0.25, -0.2) is 0 Å². The molecule has 1 aromatic carbocycles. The minimum atomic E-state index is 0.406. The lowest BCUT2D eigenvalue weighted by Gasteiger charge is -2.10. The van der Waals surface area contributed by atoms with Crippen LogP contribution in [0, 0.1) is 5.92 Å². The van der Waals surface area contributed by atoms with E-state index in [2.05, 4.69) is 26.0 Å². The number of aromatic hydroxyl groups is 1. The normalized spacial score (nSPS) is 15.7. The second-order valence-corrected chi connectivity index (χ2v) is 5.38. The van der Waals surface area contributed by atoms with Gasteiger partial charge in [0.25, 0.3) is 0 Å². The van der Waals surface area contributed by atoms with Gasteiger partial charge in [0.1, 0.15) is 5.75 Å². The van der Waals surface area contributed by atoms with Gasteiger partial charge in [0.15, 0.2) is 0 Å². The fourth-order valence-electron chi connectivity index (χ4n) is 2.22. The summed E-state index contributed by atoms with van der Waals surface area (Å²) in [5, 5.41) is 9.73. The maximum atomic E-state index is 9.73. The molecule has 0 unspecified atom stereocenters. The van der Waals surface area contributed by atoms with Crippen molar-refractivity contribution in [3.8, 4) is 5.75 Å². The minimum absolute atomic E-state index is 0.406. The molecule has 1 aliphatic carbocycles. The van der Waals surface area contributed by atoms with Gasteiger partial charge in [-0.05, 0) is 41.9 Å². The minimum Gasteiger partial charge on any atom is -0.508 e. The van der Waals surface area contributed by atoms with Gasteiger partial charge in [0, 0.05) is 0 Å². The van der Waals surface area contributed by atoms with Gasteiger partial charge in [-0.3, -0.25) is 0 Å². The molecule has 0 bridgehead atoms. The van der Waals surface area contributed by atoms with Crippen LogP contribution >= 0.6 is 0 Å². The number of rotatable bonds is 5. The monoisotopic (exact) mass is 218 g/mol. The molecule has 1 nitrogen and oxygen atoms in total. The number of aryl methyl sites for hydroxylation is 1. The first kappa shape index (κ1) is 11.5.